The van der Waals surface area contributed by atoms with Gasteiger partial charge in [-0.2, -0.15) is 0 Å². The Morgan fingerprint density at radius 3 is 2.85 bits per heavy atom. The van der Waals surface area contributed by atoms with Crippen molar-refractivity contribution < 1.29 is 12.8 Å². The lowest BCUT2D eigenvalue weighted by atomic mass is 10.0. The fourth-order valence-electron chi connectivity index (χ4n) is 2.23. The predicted octanol–water partition coefficient (Wildman–Crippen LogP) is 2.66. The number of sulfonamides is 1. The van der Waals surface area contributed by atoms with E-state index < -0.39 is 20.7 Å². The quantitative estimate of drug-likeness (QED) is 0.787. The molecule has 0 spiro atoms. The molecule has 20 heavy (non-hydrogen) atoms. The number of rotatable bonds is 3. The highest BCUT2D eigenvalue weighted by molar-refractivity contribution is 9.10. The third-order valence-corrected chi connectivity index (χ3v) is 5.94. The summed E-state index contributed by atoms with van der Waals surface area (Å²) in [5.41, 5.74) is 0. The fourth-order valence-corrected chi connectivity index (χ4v) is 4.14. The first kappa shape index (κ1) is 16.2. The normalized spacial score (nSPS) is 23.8. The molecule has 1 saturated heterocycles. The Morgan fingerprint density at radius 1 is 1.50 bits per heavy atom. The largest absolute Gasteiger partial charge is 0.314 e. The number of nitrogens with one attached hydrogen (secondary N) is 2. The van der Waals surface area contributed by atoms with Crippen LogP contribution in [0.15, 0.2) is 21.5 Å². The van der Waals surface area contributed by atoms with Gasteiger partial charge in [0.1, 0.15) is 10.7 Å². The Morgan fingerprint density at radius 2 is 2.20 bits per heavy atom. The van der Waals surface area contributed by atoms with Crippen LogP contribution in [0.5, 0.6) is 0 Å². The van der Waals surface area contributed by atoms with Gasteiger partial charge >= 0.3 is 0 Å². The second-order valence-electron chi connectivity index (χ2n) is 4.89. The second kappa shape index (κ2) is 6.27. The van der Waals surface area contributed by atoms with Crippen molar-refractivity contribution in [1.82, 2.24) is 10.0 Å². The molecule has 0 bridgehead atoms. The van der Waals surface area contributed by atoms with Crippen molar-refractivity contribution in [3.05, 3.63) is 27.4 Å². The molecule has 0 saturated carbocycles. The van der Waals surface area contributed by atoms with Crippen molar-refractivity contribution in [3.63, 3.8) is 0 Å². The summed E-state index contributed by atoms with van der Waals surface area (Å²) in [6, 6.07) is 2.21. The van der Waals surface area contributed by atoms with E-state index in [1.807, 2.05) is 6.92 Å². The minimum absolute atomic E-state index is 0.158. The third-order valence-electron chi connectivity index (χ3n) is 3.21. The van der Waals surface area contributed by atoms with Crippen molar-refractivity contribution >= 4 is 37.6 Å². The van der Waals surface area contributed by atoms with Crippen LogP contribution in [-0.4, -0.2) is 27.0 Å². The highest BCUT2D eigenvalue weighted by Gasteiger charge is 2.27. The minimum atomic E-state index is -3.91. The van der Waals surface area contributed by atoms with Crippen molar-refractivity contribution in [2.45, 2.75) is 36.7 Å². The van der Waals surface area contributed by atoms with E-state index in [1.54, 1.807) is 0 Å². The van der Waals surface area contributed by atoms with Gasteiger partial charge < -0.3 is 5.32 Å². The van der Waals surface area contributed by atoms with Crippen LogP contribution >= 0.6 is 27.5 Å². The molecule has 112 valence electrons. The summed E-state index contributed by atoms with van der Waals surface area (Å²) in [5.74, 6) is -0.823. The van der Waals surface area contributed by atoms with Crippen LogP contribution < -0.4 is 10.0 Å². The van der Waals surface area contributed by atoms with Crippen molar-refractivity contribution in [2.24, 2.45) is 0 Å². The molecular formula is C12H15BrClFN2O2S. The van der Waals surface area contributed by atoms with Crippen molar-refractivity contribution in [2.75, 3.05) is 6.54 Å². The van der Waals surface area contributed by atoms with Crippen LogP contribution in [-0.2, 0) is 10.0 Å². The maximum atomic E-state index is 13.8. The molecule has 1 aliphatic heterocycles. The van der Waals surface area contributed by atoms with E-state index in [-0.39, 0.29) is 17.1 Å². The van der Waals surface area contributed by atoms with Gasteiger partial charge in [-0.1, -0.05) is 11.6 Å². The lowest BCUT2D eigenvalue weighted by Crippen LogP contribution is -2.46. The topological polar surface area (TPSA) is 58.2 Å². The molecule has 0 amide bonds. The zero-order chi connectivity index (χ0) is 14.9. The molecule has 8 heteroatoms. The van der Waals surface area contributed by atoms with Crippen molar-refractivity contribution in [3.8, 4) is 0 Å². The smallest absolute Gasteiger partial charge is 0.243 e. The monoisotopic (exact) mass is 384 g/mol. The van der Waals surface area contributed by atoms with Gasteiger partial charge in [-0.25, -0.2) is 17.5 Å². The van der Waals surface area contributed by atoms with E-state index in [2.05, 4.69) is 26.0 Å². The molecule has 2 unspecified atom stereocenters. The summed E-state index contributed by atoms with van der Waals surface area (Å²) in [4.78, 5) is -0.420. The van der Waals surface area contributed by atoms with Gasteiger partial charge in [-0.05, 0) is 54.4 Å². The van der Waals surface area contributed by atoms with Crippen LogP contribution in [0.4, 0.5) is 4.39 Å². The molecule has 4 nitrogen and oxygen atoms in total. The predicted molar refractivity (Wildman–Crippen MR) is 79.9 cm³/mol. The average Bonchev–Trinajstić information content (AvgIpc) is 2.33. The molecule has 0 aliphatic carbocycles. The van der Waals surface area contributed by atoms with E-state index in [1.165, 1.54) is 0 Å². The highest BCUT2D eigenvalue weighted by Crippen LogP contribution is 2.28. The van der Waals surface area contributed by atoms with E-state index in [9.17, 15) is 12.8 Å². The van der Waals surface area contributed by atoms with Crippen LogP contribution in [0, 0.1) is 5.82 Å². The average molecular weight is 386 g/mol. The van der Waals surface area contributed by atoms with Crippen LogP contribution in [0.1, 0.15) is 19.8 Å². The highest BCUT2D eigenvalue weighted by atomic mass is 79.9. The first-order valence-corrected chi connectivity index (χ1v) is 8.85. The van der Waals surface area contributed by atoms with Gasteiger partial charge in [-0.15, -0.1) is 0 Å². The number of hydrogen-bond donors (Lipinski definition) is 2. The standard InChI is InChI=1S/C12H15BrClFN2O2S/c1-7-4-8(2-3-16-7)17-20(18,19)12-6-10(14)9(13)5-11(12)15/h5-8,16-17H,2-4H2,1H3. The fraction of sp³-hybridized carbons (Fsp3) is 0.500. The summed E-state index contributed by atoms with van der Waals surface area (Å²) in [5, 5.41) is 3.39. The summed E-state index contributed by atoms with van der Waals surface area (Å²) >= 11 is 8.90. The summed E-state index contributed by atoms with van der Waals surface area (Å²) in [6.45, 7) is 2.72. The van der Waals surface area contributed by atoms with E-state index in [0.717, 1.165) is 18.7 Å². The lowest BCUT2D eigenvalue weighted by Gasteiger charge is -2.28. The number of benzene rings is 1. The van der Waals surface area contributed by atoms with E-state index in [0.29, 0.717) is 17.3 Å². The molecule has 2 rings (SSSR count). The SMILES string of the molecule is CC1CC(NS(=O)(=O)c2cc(Cl)c(Br)cc2F)CCN1. The molecule has 1 heterocycles. The molecule has 1 aliphatic rings. The summed E-state index contributed by atoms with van der Waals surface area (Å²) in [6.07, 6.45) is 1.35. The Labute approximate surface area is 131 Å². The molecule has 0 aromatic heterocycles. The lowest BCUT2D eigenvalue weighted by molar-refractivity contribution is 0.361. The number of halogens is 3. The summed E-state index contributed by atoms with van der Waals surface area (Å²) in [7, 11) is -3.91. The Hall–Kier alpha value is -0.210. The molecule has 1 fully saturated rings. The van der Waals surface area contributed by atoms with Gasteiger partial charge in [-0.3, -0.25) is 0 Å². The van der Waals surface area contributed by atoms with E-state index >= 15 is 0 Å². The Bertz CT molecular complexity index is 612. The molecule has 1 aromatic carbocycles. The molecule has 0 radical (unpaired) electrons. The summed E-state index contributed by atoms with van der Waals surface area (Å²) < 4.78 is 41.2. The maximum absolute atomic E-state index is 13.8. The molecule has 2 N–H and O–H groups in total. The zero-order valence-corrected chi connectivity index (χ0v) is 13.9. The van der Waals surface area contributed by atoms with Crippen LogP contribution in [0.25, 0.3) is 0 Å². The van der Waals surface area contributed by atoms with Gasteiger partial charge in [0, 0.05) is 16.6 Å². The van der Waals surface area contributed by atoms with Crippen LogP contribution in [0.2, 0.25) is 5.02 Å². The van der Waals surface area contributed by atoms with Gasteiger partial charge in [0.25, 0.3) is 0 Å². The van der Waals surface area contributed by atoms with Crippen molar-refractivity contribution in [1.29, 1.82) is 0 Å². The number of hydrogen-bond acceptors (Lipinski definition) is 3. The maximum Gasteiger partial charge on any atom is 0.243 e. The minimum Gasteiger partial charge on any atom is -0.314 e. The van der Waals surface area contributed by atoms with Crippen LogP contribution in [0.3, 0.4) is 0 Å². The molecule has 2 atom stereocenters. The Kier molecular flexibility index (Phi) is 5.07. The van der Waals surface area contributed by atoms with Gasteiger partial charge in [0.05, 0.1) is 5.02 Å². The van der Waals surface area contributed by atoms with E-state index in [4.69, 9.17) is 11.6 Å². The zero-order valence-electron chi connectivity index (χ0n) is 10.8. The third kappa shape index (κ3) is 3.71. The second-order valence-corrected chi connectivity index (χ2v) is 7.84. The molecule has 1 aromatic rings. The van der Waals surface area contributed by atoms with Gasteiger partial charge in [0.15, 0.2) is 0 Å². The molecular weight excluding hydrogens is 371 g/mol. The number of piperidine rings is 1. The first-order valence-electron chi connectivity index (χ1n) is 6.20. The van der Waals surface area contributed by atoms with Gasteiger partial charge in [0.2, 0.25) is 10.0 Å². The first-order chi connectivity index (χ1) is 9.29. The Balaban J connectivity index is 2.24.